The van der Waals surface area contributed by atoms with E-state index in [9.17, 15) is 4.79 Å². The molecule has 0 amide bonds. The predicted molar refractivity (Wildman–Crippen MR) is 131 cm³/mol. The van der Waals surface area contributed by atoms with Gasteiger partial charge in [-0.3, -0.25) is 4.79 Å². The molecule has 6 rings (SSSR count). The van der Waals surface area contributed by atoms with Gasteiger partial charge in [-0.25, -0.2) is 0 Å². The van der Waals surface area contributed by atoms with Crippen molar-refractivity contribution in [1.82, 2.24) is 0 Å². The molecule has 3 nitrogen and oxygen atoms in total. The van der Waals surface area contributed by atoms with E-state index in [0.717, 1.165) is 56.1 Å². The van der Waals surface area contributed by atoms with Crippen molar-refractivity contribution >= 4 is 5.78 Å². The third-order valence-corrected chi connectivity index (χ3v) is 12.7. The molecule has 0 radical (unpaired) electrons. The van der Waals surface area contributed by atoms with Crippen LogP contribution in [0.15, 0.2) is 0 Å². The Morgan fingerprint density at radius 2 is 1.67 bits per heavy atom. The van der Waals surface area contributed by atoms with E-state index in [4.69, 9.17) is 9.47 Å². The summed E-state index contributed by atoms with van der Waals surface area (Å²) in [4.78, 5) is 12.6. The Morgan fingerprint density at radius 3 is 2.48 bits per heavy atom. The molecule has 1 heterocycles. The molecule has 5 saturated carbocycles. The highest BCUT2D eigenvalue weighted by Crippen LogP contribution is 2.71. The van der Waals surface area contributed by atoms with Crippen LogP contribution in [-0.2, 0) is 14.3 Å². The van der Waals surface area contributed by atoms with Crippen LogP contribution in [0.1, 0.15) is 111 Å². The van der Waals surface area contributed by atoms with E-state index < -0.39 is 0 Å². The van der Waals surface area contributed by atoms with E-state index >= 15 is 0 Å². The Bertz CT molecular complexity index is 758. The van der Waals surface area contributed by atoms with Crippen molar-refractivity contribution in [3.05, 3.63) is 0 Å². The Labute approximate surface area is 202 Å². The maximum absolute atomic E-state index is 12.6. The summed E-state index contributed by atoms with van der Waals surface area (Å²) in [5.74, 6) is 4.96. The minimum absolute atomic E-state index is 0.0616. The number of Topliss-reactive ketones (excluding diaryl/α,β-unsaturated/α-hetero) is 1. The smallest absolute Gasteiger partial charge is 0.157 e. The molecule has 33 heavy (non-hydrogen) atoms. The van der Waals surface area contributed by atoms with Gasteiger partial charge in [-0.2, -0.15) is 0 Å². The van der Waals surface area contributed by atoms with E-state index in [1.54, 1.807) is 0 Å². The van der Waals surface area contributed by atoms with Crippen LogP contribution in [0.5, 0.6) is 0 Å². The SMILES string of the molecule is CC1C(=O)CCC2(C)C1CCC1(C)C3CCC4(COC5CCCCO5)CCCC4C3CCC21. The van der Waals surface area contributed by atoms with Crippen molar-refractivity contribution < 1.29 is 14.3 Å². The Balaban J connectivity index is 1.22. The fraction of sp³-hybridized carbons (Fsp3) is 0.967. The quantitative estimate of drug-likeness (QED) is 0.451. The van der Waals surface area contributed by atoms with Crippen LogP contribution in [0.25, 0.3) is 0 Å². The first-order valence-electron chi connectivity index (χ1n) is 14.6. The molecule has 6 fully saturated rings. The van der Waals surface area contributed by atoms with Crippen LogP contribution in [0.2, 0.25) is 0 Å². The molecule has 0 spiro atoms. The number of rotatable bonds is 3. The largest absolute Gasteiger partial charge is 0.353 e. The number of hydrogen-bond acceptors (Lipinski definition) is 3. The van der Waals surface area contributed by atoms with Crippen molar-refractivity contribution in [2.24, 2.45) is 51.8 Å². The minimum atomic E-state index is 0.0616. The molecule has 1 saturated heterocycles. The molecule has 0 aromatic heterocycles. The predicted octanol–water partition coefficient (Wildman–Crippen LogP) is 7.17. The van der Waals surface area contributed by atoms with Crippen LogP contribution < -0.4 is 0 Å². The molecule has 5 aliphatic carbocycles. The molecule has 6 aliphatic rings. The first kappa shape index (κ1) is 23.0. The second kappa shape index (κ2) is 8.32. The molecule has 0 aromatic carbocycles. The summed E-state index contributed by atoms with van der Waals surface area (Å²) in [5, 5.41) is 0. The standard InChI is InChI=1S/C30H48O3/c1-20-22-11-15-29(3)23-12-17-30(19-33-27-8-4-5-18-32-27)14-6-7-24(30)21(23)9-10-26(29)28(22,2)16-13-25(20)31/h20-24,26-27H,4-19H2,1-3H3. The third kappa shape index (κ3) is 3.45. The highest BCUT2D eigenvalue weighted by atomic mass is 16.7. The lowest BCUT2D eigenvalue weighted by Gasteiger charge is -2.67. The van der Waals surface area contributed by atoms with Crippen molar-refractivity contribution in [3.8, 4) is 0 Å². The Hall–Kier alpha value is -0.410. The van der Waals surface area contributed by atoms with Gasteiger partial charge in [-0.1, -0.05) is 27.2 Å². The van der Waals surface area contributed by atoms with Crippen molar-refractivity contribution in [2.45, 2.75) is 117 Å². The number of ketones is 1. The first-order valence-corrected chi connectivity index (χ1v) is 14.6. The average molecular weight is 457 g/mol. The minimum Gasteiger partial charge on any atom is -0.353 e. The fourth-order valence-electron chi connectivity index (χ4n) is 11.1. The number of carbonyl (C=O) groups is 1. The van der Waals surface area contributed by atoms with Gasteiger partial charge in [0.1, 0.15) is 5.78 Å². The lowest BCUT2D eigenvalue weighted by Crippen LogP contribution is -2.61. The second-order valence-corrected chi connectivity index (χ2v) is 13.8. The molecule has 3 heteroatoms. The number of hydrogen-bond donors (Lipinski definition) is 0. The van der Waals surface area contributed by atoms with E-state index in [1.165, 1.54) is 70.6 Å². The van der Waals surface area contributed by atoms with Gasteiger partial charge in [0.15, 0.2) is 6.29 Å². The van der Waals surface area contributed by atoms with Gasteiger partial charge < -0.3 is 9.47 Å². The van der Waals surface area contributed by atoms with E-state index in [-0.39, 0.29) is 6.29 Å². The normalized spacial score (nSPS) is 54.2. The topological polar surface area (TPSA) is 35.5 Å². The van der Waals surface area contributed by atoms with Gasteiger partial charge in [-0.15, -0.1) is 0 Å². The number of fused-ring (bicyclic) bond motifs is 7. The molecule has 0 N–H and O–H groups in total. The zero-order valence-electron chi connectivity index (χ0n) is 21.6. The average Bonchev–Trinajstić information content (AvgIpc) is 3.26. The molecule has 10 unspecified atom stereocenters. The molecule has 0 bridgehead atoms. The molecule has 1 aliphatic heterocycles. The number of ether oxygens (including phenoxy) is 2. The summed E-state index contributed by atoms with van der Waals surface area (Å²) in [7, 11) is 0. The van der Waals surface area contributed by atoms with Crippen LogP contribution in [-0.4, -0.2) is 25.3 Å². The molecule has 0 aromatic rings. The van der Waals surface area contributed by atoms with E-state index in [1.807, 2.05) is 0 Å². The van der Waals surface area contributed by atoms with Gasteiger partial charge in [0, 0.05) is 18.9 Å². The molecular formula is C30H48O3. The van der Waals surface area contributed by atoms with Crippen molar-refractivity contribution in [1.29, 1.82) is 0 Å². The van der Waals surface area contributed by atoms with Crippen LogP contribution >= 0.6 is 0 Å². The summed E-state index contributed by atoms with van der Waals surface area (Å²) in [5.41, 5.74) is 1.30. The first-order chi connectivity index (χ1) is 15.9. The molecule has 10 atom stereocenters. The highest BCUT2D eigenvalue weighted by molar-refractivity contribution is 5.82. The van der Waals surface area contributed by atoms with Crippen molar-refractivity contribution in [2.75, 3.05) is 13.2 Å². The third-order valence-electron chi connectivity index (χ3n) is 12.7. The maximum atomic E-state index is 12.6. The van der Waals surface area contributed by atoms with Gasteiger partial charge in [0.2, 0.25) is 0 Å². The summed E-state index contributed by atoms with van der Waals surface area (Å²) in [6.07, 6.45) is 18.1. The van der Waals surface area contributed by atoms with E-state index in [2.05, 4.69) is 20.8 Å². The monoisotopic (exact) mass is 456 g/mol. The lowest BCUT2D eigenvalue weighted by atomic mass is 9.38. The van der Waals surface area contributed by atoms with Crippen molar-refractivity contribution in [3.63, 3.8) is 0 Å². The van der Waals surface area contributed by atoms with Gasteiger partial charge in [0.25, 0.3) is 0 Å². The Morgan fingerprint density at radius 1 is 0.848 bits per heavy atom. The second-order valence-electron chi connectivity index (χ2n) is 13.8. The zero-order valence-corrected chi connectivity index (χ0v) is 21.6. The summed E-state index contributed by atoms with van der Waals surface area (Å²) >= 11 is 0. The highest BCUT2D eigenvalue weighted by Gasteiger charge is 2.64. The lowest BCUT2D eigenvalue weighted by molar-refractivity contribution is -0.210. The van der Waals surface area contributed by atoms with Gasteiger partial charge >= 0.3 is 0 Å². The Kier molecular flexibility index (Phi) is 5.81. The van der Waals surface area contributed by atoms with Crippen LogP contribution in [0, 0.1) is 51.8 Å². The zero-order chi connectivity index (χ0) is 22.8. The van der Waals surface area contributed by atoms with Crippen LogP contribution in [0.3, 0.4) is 0 Å². The number of carbonyl (C=O) groups excluding carboxylic acids is 1. The molecule has 186 valence electrons. The molecular weight excluding hydrogens is 408 g/mol. The maximum Gasteiger partial charge on any atom is 0.157 e. The van der Waals surface area contributed by atoms with E-state index in [0.29, 0.717) is 33.9 Å². The summed E-state index contributed by atoms with van der Waals surface area (Å²) in [6, 6.07) is 0. The summed E-state index contributed by atoms with van der Waals surface area (Å²) < 4.78 is 12.4. The van der Waals surface area contributed by atoms with Gasteiger partial charge in [0.05, 0.1) is 6.61 Å². The van der Waals surface area contributed by atoms with Crippen LogP contribution in [0.4, 0.5) is 0 Å². The summed E-state index contributed by atoms with van der Waals surface area (Å²) in [6.45, 7) is 9.39. The fourth-order valence-corrected chi connectivity index (χ4v) is 11.1. The van der Waals surface area contributed by atoms with Gasteiger partial charge in [-0.05, 0) is 123 Å².